The van der Waals surface area contributed by atoms with Gasteiger partial charge in [-0.05, 0) is 37.6 Å². The molecule has 106 valence electrons. The number of aromatic amines is 1. The van der Waals surface area contributed by atoms with Crippen molar-refractivity contribution < 1.29 is 4.74 Å². The Hall–Kier alpha value is -1.81. The van der Waals surface area contributed by atoms with E-state index >= 15 is 0 Å². The third kappa shape index (κ3) is 2.85. The van der Waals surface area contributed by atoms with Gasteiger partial charge in [0.05, 0.1) is 7.11 Å². The number of H-pyrrole nitrogens is 1. The molecule has 1 aromatic carbocycles. The zero-order chi connectivity index (χ0) is 13.9. The summed E-state index contributed by atoms with van der Waals surface area (Å²) < 4.78 is 5.19. The van der Waals surface area contributed by atoms with Crippen LogP contribution in [0.15, 0.2) is 30.5 Å². The molecule has 0 saturated carbocycles. The molecule has 1 saturated heterocycles. The number of nitrogens with zero attached hydrogens (tertiary/aromatic N) is 2. The lowest BCUT2D eigenvalue weighted by Crippen LogP contribution is -2.19. The van der Waals surface area contributed by atoms with Crippen LogP contribution < -0.4 is 4.74 Å². The summed E-state index contributed by atoms with van der Waals surface area (Å²) in [6.45, 7) is 5.27. The lowest BCUT2D eigenvalue weighted by molar-refractivity contribution is 0.325. The Bertz CT molecular complexity index is 561. The van der Waals surface area contributed by atoms with Gasteiger partial charge in [0.25, 0.3) is 0 Å². The monoisotopic (exact) mass is 271 g/mol. The van der Waals surface area contributed by atoms with E-state index in [0.717, 1.165) is 36.9 Å². The number of benzene rings is 1. The first-order valence-corrected chi connectivity index (χ1v) is 7.11. The van der Waals surface area contributed by atoms with E-state index in [0.29, 0.717) is 5.92 Å². The zero-order valence-electron chi connectivity index (χ0n) is 12.1. The van der Waals surface area contributed by atoms with Gasteiger partial charge < -0.3 is 9.72 Å². The van der Waals surface area contributed by atoms with Gasteiger partial charge in [0.2, 0.25) is 0 Å². The number of methoxy groups -OCH3 is 1. The molecule has 1 N–H and O–H groups in total. The Kier molecular flexibility index (Phi) is 3.74. The Morgan fingerprint density at radius 3 is 2.80 bits per heavy atom. The summed E-state index contributed by atoms with van der Waals surface area (Å²) in [5.74, 6) is 2.60. The lowest BCUT2D eigenvalue weighted by Gasteiger charge is -2.15. The second kappa shape index (κ2) is 5.67. The van der Waals surface area contributed by atoms with Gasteiger partial charge in [0.15, 0.2) is 0 Å². The summed E-state index contributed by atoms with van der Waals surface area (Å²) in [7, 11) is 1.70. The first-order chi connectivity index (χ1) is 9.74. The molecule has 3 rings (SSSR count). The third-order valence-corrected chi connectivity index (χ3v) is 3.95. The van der Waals surface area contributed by atoms with Crippen molar-refractivity contribution in [2.45, 2.75) is 25.8 Å². The van der Waals surface area contributed by atoms with Crippen molar-refractivity contribution in [1.29, 1.82) is 0 Å². The molecule has 1 aliphatic rings. The number of rotatable bonds is 4. The largest absolute Gasteiger partial charge is 0.497 e. The Labute approximate surface area is 119 Å². The molecule has 1 aliphatic heterocycles. The molecule has 0 aliphatic carbocycles. The molecule has 0 amide bonds. The normalized spacial score (nSPS) is 19.4. The van der Waals surface area contributed by atoms with Crippen LogP contribution in [0.2, 0.25) is 0 Å². The maximum atomic E-state index is 5.19. The van der Waals surface area contributed by atoms with Gasteiger partial charge in [-0.25, -0.2) is 4.98 Å². The first-order valence-electron chi connectivity index (χ1n) is 7.11. The molecule has 2 aromatic rings. The Balaban J connectivity index is 1.59. The third-order valence-electron chi connectivity index (χ3n) is 3.95. The van der Waals surface area contributed by atoms with Gasteiger partial charge >= 0.3 is 0 Å². The standard InChI is InChI=1S/C16H21N3O/c1-12-9-17-16(18-12)14-7-8-19(11-14)10-13-3-5-15(20-2)6-4-13/h3-6,9,14H,7-8,10-11H2,1-2H3,(H,17,18)/t14-/m0/s1. The van der Waals surface area contributed by atoms with Crippen LogP contribution >= 0.6 is 0 Å². The highest BCUT2D eigenvalue weighted by Gasteiger charge is 2.25. The van der Waals surface area contributed by atoms with E-state index in [1.807, 2.05) is 18.3 Å². The van der Waals surface area contributed by atoms with Crippen LogP contribution in [0, 0.1) is 6.92 Å². The smallest absolute Gasteiger partial charge is 0.118 e. The molecule has 4 heteroatoms. The summed E-state index contributed by atoms with van der Waals surface area (Å²) in [4.78, 5) is 10.3. The van der Waals surface area contributed by atoms with Crippen LogP contribution in [0.25, 0.3) is 0 Å². The fourth-order valence-corrected chi connectivity index (χ4v) is 2.83. The van der Waals surface area contributed by atoms with Crippen molar-refractivity contribution >= 4 is 0 Å². The molecule has 1 fully saturated rings. The Morgan fingerprint density at radius 1 is 1.35 bits per heavy atom. The van der Waals surface area contributed by atoms with Gasteiger partial charge in [-0.3, -0.25) is 4.90 Å². The fourth-order valence-electron chi connectivity index (χ4n) is 2.83. The summed E-state index contributed by atoms with van der Waals surface area (Å²) in [5.41, 5.74) is 2.48. The van der Waals surface area contributed by atoms with Gasteiger partial charge in [0.1, 0.15) is 11.6 Å². The highest BCUT2D eigenvalue weighted by Crippen LogP contribution is 2.26. The number of aryl methyl sites for hydroxylation is 1. The average molecular weight is 271 g/mol. The predicted octanol–water partition coefficient (Wildman–Crippen LogP) is 2.72. The minimum absolute atomic E-state index is 0.543. The number of nitrogens with one attached hydrogen (secondary N) is 1. The highest BCUT2D eigenvalue weighted by atomic mass is 16.5. The molecule has 20 heavy (non-hydrogen) atoms. The van der Waals surface area contributed by atoms with E-state index < -0.39 is 0 Å². The van der Waals surface area contributed by atoms with Gasteiger partial charge in [-0.15, -0.1) is 0 Å². The number of hydrogen-bond donors (Lipinski definition) is 1. The van der Waals surface area contributed by atoms with Gasteiger partial charge in [-0.1, -0.05) is 12.1 Å². The van der Waals surface area contributed by atoms with E-state index in [2.05, 4.69) is 33.9 Å². The molecule has 1 atom stereocenters. The summed E-state index contributed by atoms with van der Waals surface area (Å²) in [6.07, 6.45) is 3.10. The lowest BCUT2D eigenvalue weighted by atomic mass is 10.1. The van der Waals surface area contributed by atoms with Crippen molar-refractivity contribution in [3.63, 3.8) is 0 Å². The van der Waals surface area contributed by atoms with E-state index in [9.17, 15) is 0 Å². The predicted molar refractivity (Wildman–Crippen MR) is 79.0 cm³/mol. The van der Waals surface area contributed by atoms with E-state index in [1.165, 1.54) is 12.0 Å². The molecule has 0 unspecified atom stereocenters. The minimum Gasteiger partial charge on any atom is -0.497 e. The van der Waals surface area contributed by atoms with Crippen LogP contribution in [-0.4, -0.2) is 35.1 Å². The molecule has 0 bridgehead atoms. The molecular formula is C16H21N3O. The van der Waals surface area contributed by atoms with Gasteiger partial charge in [0, 0.05) is 30.9 Å². The molecule has 1 aromatic heterocycles. The summed E-state index contributed by atoms with van der Waals surface area (Å²) >= 11 is 0. The molecule has 0 radical (unpaired) electrons. The van der Waals surface area contributed by atoms with Crippen molar-refractivity contribution in [3.8, 4) is 5.75 Å². The van der Waals surface area contributed by atoms with Crippen molar-refractivity contribution in [2.75, 3.05) is 20.2 Å². The van der Waals surface area contributed by atoms with E-state index in [1.54, 1.807) is 7.11 Å². The minimum atomic E-state index is 0.543. The molecule has 0 spiro atoms. The molecular weight excluding hydrogens is 250 g/mol. The molecule has 2 heterocycles. The van der Waals surface area contributed by atoms with Crippen molar-refractivity contribution in [1.82, 2.24) is 14.9 Å². The van der Waals surface area contributed by atoms with E-state index in [-0.39, 0.29) is 0 Å². The SMILES string of the molecule is COc1ccc(CN2CC[C@H](c3ncc(C)[nH]3)C2)cc1. The fraction of sp³-hybridized carbons (Fsp3) is 0.438. The number of likely N-dealkylation sites (tertiary alicyclic amines) is 1. The van der Waals surface area contributed by atoms with Crippen molar-refractivity contribution in [3.05, 3.63) is 47.5 Å². The van der Waals surface area contributed by atoms with Gasteiger partial charge in [-0.2, -0.15) is 0 Å². The van der Waals surface area contributed by atoms with Crippen LogP contribution in [0.1, 0.15) is 29.4 Å². The molecule has 4 nitrogen and oxygen atoms in total. The topological polar surface area (TPSA) is 41.1 Å². The number of aromatic nitrogens is 2. The van der Waals surface area contributed by atoms with Crippen LogP contribution in [0.5, 0.6) is 5.75 Å². The summed E-state index contributed by atoms with van der Waals surface area (Å²) in [5, 5.41) is 0. The number of hydrogen-bond acceptors (Lipinski definition) is 3. The Morgan fingerprint density at radius 2 is 2.15 bits per heavy atom. The maximum absolute atomic E-state index is 5.19. The number of imidazole rings is 1. The zero-order valence-corrected chi connectivity index (χ0v) is 12.1. The summed E-state index contributed by atoms with van der Waals surface area (Å²) in [6, 6.07) is 8.34. The first kappa shape index (κ1) is 13.2. The average Bonchev–Trinajstić information content (AvgIpc) is 3.09. The maximum Gasteiger partial charge on any atom is 0.118 e. The highest BCUT2D eigenvalue weighted by molar-refractivity contribution is 5.27. The quantitative estimate of drug-likeness (QED) is 0.929. The van der Waals surface area contributed by atoms with Crippen molar-refractivity contribution in [2.24, 2.45) is 0 Å². The van der Waals surface area contributed by atoms with Crippen LogP contribution in [0.4, 0.5) is 0 Å². The van der Waals surface area contributed by atoms with Crippen LogP contribution in [-0.2, 0) is 6.54 Å². The number of ether oxygens (including phenoxy) is 1. The van der Waals surface area contributed by atoms with Crippen LogP contribution in [0.3, 0.4) is 0 Å². The van der Waals surface area contributed by atoms with E-state index in [4.69, 9.17) is 4.74 Å². The second-order valence-electron chi connectivity index (χ2n) is 5.52. The second-order valence-corrected chi connectivity index (χ2v) is 5.52.